The molecule has 20 heavy (non-hydrogen) atoms. The van der Waals surface area contributed by atoms with Crippen LogP contribution in [-0.2, 0) is 11.2 Å². The monoisotopic (exact) mass is 284 g/mol. The molecular formula is C16H13ClN2O. The first kappa shape index (κ1) is 14.1. The summed E-state index contributed by atoms with van der Waals surface area (Å²) in [5, 5.41) is 3.33. The van der Waals surface area contributed by atoms with Gasteiger partial charge in [-0.2, -0.15) is 0 Å². The molecular weight excluding hydrogens is 272 g/mol. The summed E-state index contributed by atoms with van der Waals surface area (Å²) in [4.78, 5) is 15.7. The Hall–Kier alpha value is -2.31. The van der Waals surface area contributed by atoms with Gasteiger partial charge >= 0.3 is 0 Å². The highest BCUT2D eigenvalue weighted by Crippen LogP contribution is 2.09. The molecule has 3 nitrogen and oxygen atoms in total. The second-order valence-electron chi connectivity index (χ2n) is 4.09. The lowest BCUT2D eigenvalue weighted by Crippen LogP contribution is -2.24. The lowest BCUT2D eigenvalue weighted by atomic mass is 10.2. The van der Waals surface area contributed by atoms with Gasteiger partial charge < -0.3 is 5.32 Å². The summed E-state index contributed by atoms with van der Waals surface area (Å²) in [7, 11) is 0. The van der Waals surface area contributed by atoms with E-state index in [4.69, 9.17) is 11.6 Å². The van der Waals surface area contributed by atoms with Gasteiger partial charge in [0.1, 0.15) is 0 Å². The smallest absolute Gasteiger partial charge is 0.296 e. The summed E-state index contributed by atoms with van der Waals surface area (Å²) in [6.07, 6.45) is 2.42. The van der Waals surface area contributed by atoms with Crippen LogP contribution in [0.5, 0.6) is 0 Å². The molecule has 0 aliphatic heterocycles. The average molecular weight is 285 g/mol. The fraction of sp³-hybridized carbons (Fsp3) is 0.125. The molecule has 2 rings (SSSR count). The minimum absolute atomic E-state index is 0.305. The van der Waals surface area contributed by atoms with E-state index in [0.717, 1.165) is 11.3 Å². The number of pyridine rings is 1. The number of nitrogens with zero attached hydrogens (tertiary/aromatic N) is 1. The summed E-state index contributed by atoms with van der Waals surface area (Å²) in [5.41, 5.74) is 1.66. The van der Waals surface area contributed by atoms with Gasteiger partial charge in [-0.05, 0) is 30.3 Å². The topological polar surface area (TPSA) is 42.0 Å². The van der Waals surface area contributed by atoms with Gasteiger partial charge in [0.25, 0.3) is 5.91 Å². The summed E-state index contributed by atoms with van der Waals surface area (Å²) in [5.74, 6) is 5.00. The number of benzene rings is 1. The van der Waals surface area contributed by atoms with Crippen molar-refractivity contribution in [2.24, 2.45) is 0 Å². The Balaban J connectivity index is 1.82. The molecule has 0 atom stereocenters. The molecule has 0 spiro atoms. The number of hydrogen-bond donors (Lipinski definition) is 1. The van der Waals surface area contributed by atoms with Crippen LogP contribution in [0.15, 0.2) is 48.7 Å². The SMILES string of the molecule is O=C(C#Cc1cccc(Cl)c1)NCCc1ccccn1. The Morgan fingerprint density at radius 2 is 2.15 bits per heavy atom. The molecule has 0 saturated heterocycles. The number of aromatic nitrogens is 1. The molecule has 2 aromatic rings. The third kappa shape index (κ3) is 4.75. The van der Waals surface area contributed by atoms with Crippen LogP contribution in [0.25, 0.3) is 0 Å². The first-order valence-electron chi connectivity index (χ1n) is 6.19. The van der Waals surface area contributed by atoms with E-state index < -0.39 is 0 Å². The molecule has 0 fully saturated rings. The fourth-order valence-electron chi connectivity index (χ4n) is 1.59. The number of halogens is 1. The maximum Gasteiger partial charge on any atom is 0.296 e. The van der Waals surface area contributed by atoms with Crippen molar-refractivity contribution >= 4 is 17.5 Å². The lowest BCUT2D eigenvalue weighted by molar-refractivity contribution is -0.115. The van der Waals surface area contributed by atoms with Crippen molar-refractivity contribution in [3.05, 3.63) is 64.9 Å². The summed E-state index contributed by atoms with van der Waals surface area (Å²) < 4.78 is 0. The molecule has 4 heteroatoms. The van der Waals surface area contributed by atoms with E-state index >= 15 is 0 Å². The number of hydrogen-bond acceptors (Lipinski definition) is 2. The van der Waals surface area contributed by atoms with E-state index in [2.05, 4.69) is 22.1 Å². The van der Waals surface area contributed by atoms with Crippen LogP contribution in [0, 0.1) is 11.8 Å². The fourth-order valence-corrected chi connectivity index (χ4v) is 1.78. The standard InChI is InChI=1S/C16H13ClN2O/c17-14-5-3-4-13(12-14)7-8-16(20)19-11-9-15-6-1-2-10-18-15/h1-6,10,12H,9,11H2,(H,19,20). The molecule has 1 amide bonds. The highest BCUT2D eigenvalue weighted by molar-refractivity contribution is 6.30. The highest BCUT2D eigenvalue weighted by Gasteiger charge is 1.97. The third-order valence-electron chi connectivity index (χ3n) is 2.54. The zero-order valence-electron chi connectivity index (χ0n) is 10.8. The highest BCUT2D eigenvalue weighted by atomic mass is 35.5. The van der Waals surface area contributed by atoms with E-state index in [-0.39, 0.29) is 5.91 Å². The minimum Gasteiger partial charge on any atom is -0.345 e. The minimum atomic E-state index is -0.305. The van der Waals surface area contributed by atoms with Gasteiger partial charge in [0, 0.05) is 41.4 Å². The summed E-state index contributed by atoms with van der Waals surface area (Å²) in [6, 6.07) is 12.8. The molecule has 0 bridgehead atoms. The Morgan fingerprint density at radius 3 is 2.90 bits per heavy atom. The van der Waals surface area contributed by atoms with Gasteiger partial charge in [0.2, 0.25) is 0 Å². The van der Waals surface area contributed by atoms with Crippen LogP contribution in [0.3, 0.4) is 0 Å². The summed E-state index contributed by atoms with van der Waals surface area (Å²) in [6.45, 7) is 0.514. The number of carbonyl (C=O) groups is 1. The molecule has 100 valence electrons. The Kier molecular flexibility index (Phi) is 5.16. The quantitative estimate of drug-likeness (QED) is 0.880. The van der Waals surface area contributed by atoms with E-state index in [1.165, 1.54) is 0 Å². The number of rotatable bonds is 3. The number of amides is 1. The first-order valence-corrected chi connectivity index (χ1v) is 6.57. The van der Waals surface area contributed by atoms with Gasteiger partial charge in [0.05, 0.1) is 0 Å². The molecule has 0 unspecified atom stereocenters. The maximum atomic E-state index is 11.6. The third-order valence-corrected chi connectivity index (χ3v) is 2.77. The zero-order valence-corrected chi connectivity index (χ0v) is 11.5. The van der Waals surface area contributed by atoms with E-state index in [0.29, 0.717) is 18.0 Å². The van der Waals surface area contributed by atoms with Crippen LogP contribution in [-0.4, -0.2) is 17.4 Å². The van der Waals surface area contributed by atoms with Crippen molar-refractivity contribution in [2.45, 2.75) is 6.42 Å². The Bertz CT molecular complexity index is 644. The van der Waals surface area contributed by atoms with E-state index in [1.807, 2.05) is 18.2 Å². The van der Waals surface area contributed by atoms with Gasteiger partial charge in [-0.1, -0.05) is 29.7 Å². The van der Waals surface area contributed by atoms with Crippen LogP contribution in [0.2, 0.25) is 5.02 Å². The molecule has 1 aromatic carbocycles. The normalized spacial score (nSPS) is 9.45. The summed E-state index contributed by atoms with van der Waals surface area (Å²) >= 11 is 5.84. The zero-order chi connectivity index (χ0) is 14.2. The van der Waals surface area contributed by atoms with Crippen molar-refractivity contribution in [2.75, 3.05) is 6.54 Å². The Morgan fingerprint density at radius 1 is 1.25 bits per heavy atom. The van der Waals surface area contributed by atoms with Crippen molar-refractivity contribution in [1.29, 1.82) is 0 Å². The molecule has 1 heterocycles. The molecule has 0 radical (unpaired) electrons. The van der Waals surface area contributed by atoms with Crippen molar-refractivity contribution in [3.63, 3.8) is 0 Å². The molecule has 1 aromatic heterocycles. The van der Waals surface area contributed by atoms with Crippen LogP contribution in [0.4, 0.5) is 0 Å². The second-order valence-corrected chi connectivity index (χ2v) is 4.52. The van der Waals surface area contributed by atoms with Gasteiger partial charge in [-0.15, -0.1) is 0 Å². The maximum absolute atomic E-state index is 11.6. The van der Waals surface area contributed by atoms with E-state index in [9.17, 15) is 4.79 Å². The van der Waals surface area contributed by atoms with Crippen molar-refractivity contribution in [3.8, 4) is 11.8 Å². The molecule has 1 N–H and O–H groups in total. The number of carbonyl (C=O) groups excluding carboxylic acids is 1. The van der Waals surface area contributed by atoms with Gasteiger partial charge in [-0.25, -0.2) is 0 Å². The van der Waals surface area contributed by atoms with Crippen LogP contribution in [0.1, 0.15) is 11.3 Å². The Labute approximate surface area is 123 Å². The largest absolute Gasteiger partial charge is 0.345 e. The predicted octanol–water partition coefficient (Wildman–Crippen LogP) is 2.45. The van der Waals surface area contributed by atoms with E-state index in [1.54, 1.807) is 30.5 Å². The lowest BCUT2D eigenvalue weighted by Gasteiger charge is -2.00. The van der Waals surface area contributed by atoms with Crippen LogP contribution < -0.4 is 5.32 Å². The second kappa shape index (κ2) is 7.32. The predicted molar refractivity (Wildman–Crippen MR) is 79.3 cm³/mol. The first-order chi connectivity index (χ1) is 9.74. The molecule has 0 saturated carbocycles. The van der Waals surface area contributed by atoms with Gasteiger partial charge in [-0.3, -0.25) is 9.78 Å². The van der Waals surface area contributed by atoms with Crippen molar-refractivity contribution < 1.29 is 4.79 Å². The number of nitrogens with one attached hydrogen (secondary N) is 1. The van der Waals surface area contributed by atoms with Crippen molar-refractivity contribution in [1.82, 2.24) is 10.3 Å². The molecule has 0 aliphatic rings. The molecule has 0 aliphatic carbocycles. The average Bonchev–Trinajstić information content (AvgIpc) is 2.46. The van der Waals surface area contributed by atoms with Crippen LogP contribution >= 0.6 is 11.6 Å². The van der Waals surface area contributed by atoms with Gasteiger partial charge in [0.15, 0.2) is 0 Å².